The SMILES string of the molecule is O=S(=O)(O)c1cc2c(c(S(=O)(=O)O)c1)CC=C2. The average Bonchev–Trinajstić information content (AvgIpc) is 2.59. The standard InChI is InChI=1S/C9H8O6S2/c10-16(11,12)7-4-6-2-1-3-8(6)9(5-7)17(13,14)15/h1-2,4-5H,3H2,(H,10,11,12)(H,13,14,15). The maximum absolute atomic E-state index is 11.1. The van der Waals surface area contributed by atoms with Gasteiger partial charge in [0.25, 0.3) is 20.2 Å². The van der Waals surface area contributed by atoms with Crippen LogP contribution in [-0.2, 0) is 26.7 Å². The van der Waals surface area contributed by atoms with E-state index in [9.17, 15) is 16.8 Å². The molecule has 92 valence electrons. The molecule has 1 aliphatic rings. The molecule has 0 radical (unpaired) electrons. The first kappa shape index (κ1) is 12.2. The van der Waals surface area contributed by atoms with E-state index in [4.69, 9.17) is 9.11 Å². The number of allylic oxidation sites excluding steroid dienone is 1. The van der Waals surface area contributed by atoms with Crippen LogP contribution < -0.4 is 0 Å². The summed E-state index contributed by atoms with van der Waals surface area (Å²) in [6, 6.07) is 1.90. The minimum Gasteiger partial charge on any atom is -0.282 e. The Hall–Kier alpha value is -1.22. The van der Waals surface area contributed by atoms with E-state index in [1.807, 2.05) is 0 Å². The molecule has 0 unspecified atom stereocenters. The molecule has 8 heteroatoms. The molecule has 1 aliphatic carbocycles. The summed E-state index contributed by atoms with van der Waals surface area (Å²) in [4.78, 5) is -1.05. The molecule has 1 aromatic rings. The molecular formula is C9H8O6S2. The molecule has 1 aromatic carbocycles. The second-order valence-corrected chi connectivity index (χ2v) is 6.36. The minimum absolute atomic E-state index is 0.288. The number of hydrogen-bond donors (Lipinski definition) is 2. The van der Waals surface area contributed by atoms with Gasteiger partial charge < -0.3 is 0 Å². The highest BCUT2D eigenvalue weighted by Crippen LogP contribution is 2.29. The van der Waals surface area contributed by atoms with E-state index in [0.717, 1.165) is 12.1 Å². The Kier molecular flexibility index (Phi) is 2.62. The van der Waals surface area contributed by atoms with E-state index >= 15 is 0 Å². The van der Waals surface area contributed by atoms with Crippen LogP contribution in [0.25, 0.3) is 6.08 Å². The van der Waals surface area contributed by atoms with Crippen LogP contribution in [0.1, 0.15) is 11.1 Å². The predicted octanol–water partition coefficient (Wildman–Crippen LogP) is 0.749. The van der Waals surface area contributed by atoms with Crippen molar-refractivity contribution in [3.63, 3.8) is 0 Å². The fraction of sp³-hybridized carbons (Fsp3) is 0.111. The zero-order valence-corrected chi connectivity index (χ0v) is 9.99. The van der Waals surface area contributed by atoms with Gasteiger partial charge in [0.15, 0.2) is 0 Å². The Morgan fingerprint density at radius 1 is 1.00 bits per heavy atom. The maximum Gasteiger partial charge on any atom is 0.294 e. The molecule has 0 fully saturated rings. The molecule has 17 heavy (non-hydrogen) atoms. The van der Waals surface area contributed by atoms with Crippen LogP contribution in [-0.4, -0.2) is 25.9 Å². The number of hydrogen-bond acceptors (Lipinski definition) is 4. The Balaban J connectivity index is 2.83. The molecule has 0 atom stereocenters. The van der Waals surface area contributed by atoms with E-state index < -0.39 is 30.0 Å². The van der Waals surface area contributed by atoms with Gasteiger partial charge >= 0.3 is 0 Å². The minimum atomic E-state index is -4.53. The van der Waals surface area contributed by atoms with Crippen molar-refractivity contribution in [3.8, 4) is 0 Å². The van der Waals surface area contributed by atoms with Crippen molar-refractivity contribution >= 4 is 26.3 Å². The summed E-state index contributed by atoms with van der Waals surface area (Å²) in [5.74, 6) is 0. The van der Waals surface area contributed by atoms with Crippen LogP contribution in [0.5, 0.6) is 0 Å². The zero-order chi connectivity index (χ0) is 12.8. The van der Waals surface area contributed by atoms with Gasteiger partial charge in [0.1, 0.15) is 0 Å². The van der Waals surface area contributed by atoms with Gasteiger partial charge in [0, 0.05) is 0 Å². The molecule has 6 nitrogen and oxygen atoms in total. The molecule has 0 spiro atoms. The first-order chi connectivity index (χ1) is 7.69. The van der Waals surface area contributed by atoms with Crippen molar-refractivity contribution < 1.29 is 25.9 Å². The van der Waals surface area contributed by atoms with Crippen LogP contribution in [0.3, 0.4) is 0 Å². The first-order valence-corrected chi connectivity index (χ1v) is 7.36. The molecule has 0 saturated carbocycles. The van der Waals surface area contributed by atoms with Crippen molar-refractivity contribution in [1.82, 2.24) is 0 Å². The lowest BCUT2D eigenvalue weighted by Crippen LogP contribution is -2.07. The topological polar surface area (TPSA) is 109 Å². The molecule has 0 saturated heterocycles. The van der Waals surface area contributed by atoms with Crippen LogP contribution in [0.4, 0.5) is 0 Å². The van der Waals surface area contributed by atoms with E-state index in [1.54, 1.807) is 6.08 Å². The van der Waals surface area contributed by atoms with E-state index in [-0.39, 0.29) is 6.42 Å². The summed E-state index contributed by atoms with van der Waals surface area (Å²) in [6.07, 6.45) is 3.45. The molecule has 0 aliphatic heterocycles. The fourth-order valence-electron chi connectivity index (χ4n) is 1.69. The highest BCUT2D eigenvalue weighted by molar-refractivity contribution is 7.86. The van der Waals surface area contributed by atoms with Crippen molar-refractivity contribution in [2.45, 2.75) is 16.2 Å². The summed E-state index contributed by atoms with van der Waals surface area (Å²) in [7, 11) is -9.04. The molecular weight excluding hydrogens is 268 g/mol. The quantitative estimate of drug-likeness (QED) is 0.771. The Morgan fingerprint density at radius 3 is 2.18 bits per heavy atom. The van der Waals surface area contributed by atoms with Gasteiger partial charge in [-0.15, -0.1) is 0 Å². The summed E-state index contributed by atoms with van der Waals surface area (Å²) in [6.45, 7) is 0. The molecule has 2 N–H and O–H groups in total. The lowest BCUT2D eigenvalue weighted by Gasteiger charge is -2.07. The number of fused-ring (bicyclic) bond motifs is 1. The monoisotopic (exact) mass is 276 g/mol. The van der Waals surface area contributed by atoms with Crippen LogP contribution in [0.2, 0.25) is 0 Å². The predicted molar refractivity (Wildman–Crippen MR) is 58.8 cm³/mol. The van der Waals surface area contributed by atoms with Gasteiger partial charge in [-0.05, 0) is 29.7 Å². The lowest BCUT2D eigenvalue weighted by molar-refractivity contribution is 0.480. The summed E-state index contributed by atoms with van der Waals surface area (Å²) >= 11 is 0. The number of benzene rings is 1. The smallest absolute Gasteiger partial charge is 0.282 e. The van der Waals surface area contributed by atoms with Gasteiger partial charge in [-0.25, -0.2) is 0 Å². The summed E-state index contributed by atoms with van der Waals surface area (Å²) in [5.41, 5.74) is 0.674. The molecule has 0 amide bonds. The van der Waals surface area contributed by atoms with Gasteiger partial charge in [-0.1, -0.05) is 12.2 Å². The number of rotatable bonds is 2. The summed E-state index contributed by atoms with van der Waals surface area (Å²) < 4.78 is 62.1. The second kappa shape index (κ2) is 3.64. The van der Waals surface area contributed by atoms with Crippen LogP contribution in [0.15, 0.2) is 28.0 Å². The Labute approximate surface area is 98.1 Å². The van der Waals surface area contributed by atoms with Crippen molar-refractivity contribution in [2.75, 3.05) is 0 Å². The largest absolute Gasteiger partial charge is 0.294 e. The second-order valence-electron chi connectivity index (χ2n) is 3.55. The third-order valence-electron chi connectivity index (χ3n) is 2.41. The molecule has 0 heterocycles. The normalized spacial score (nSPS) is 14.9. The van der Waals surface area contributed by atoms with Crippen molar-refractivity contribution in [2.24, 2.45) is 0 Å². The molecule has 0 bridgehead atoms. The third kappa shape index (κ3) is 2.25. The highest BCUT2D eigenvalue weighted by atomic mass is 32.2. The summed E-state index contributed by atoms with van der Waals surface area (Å²) in [5, 5.41) is 0. The van der Waals surface area contributed by atoms with Crippen LogP contribution in [0, 0.1) is 0 Å². The van der Waals surface area contributed by atoms with Gasteiger partial charge in [0.2, 0.25) is 0 Å². The average molecular weight is 276 g/mol. The van der Waals surface area contributed by atoms with Crippen molar-refractivity contribution in [3.05, 3.63) is 29.3 Å². The van der Waals surface area contributed by atoms with Gasteiger partial charge in [-0.2, -0.15) is 16.8 Å². The molecule has 2 rings (SSSR count). The Bertz CT molecular complexity index is 712. The Morgan fingerprint density at radius 2 is 1.65 bits per heavy atom. The zero-order valence-electron chi connectivity index (χ0n) is 8.36. The van der Waals surface area contributed by atoms with Crippen molar-refractivity contribution in [1.29, 1.82) is 0 Å². The van der Waals surface area contributed by atoms with Gasteiger partial charge in [-0.3, -0.25) is 9.11 Å². The van der Waals surface area contributed by atoms with Gasteiger partial charge in [0.05, 0.1) is 9.79 Å². The third-order valence-corrected chi connectivity index (χ3v) is 4.16. The van der Waals surface area contributed by atoms with E-state index in [0.29, 0.717) is 11.1 Å². The maximum atomic E-state index is 11.1. The lowest BCUT2D eigenvalue weighted by atomic mass is 10.1. The van der Waals surface area contributed by atoms with E-state index in [2.05, 4.69) is 0 Å². The first-order valence-electron chi connectivity index (χ1n) is 4.48. The van der Waals surface area contributed by atoms with E-state index in [1.165, 1.54) is 6.08 Å². The fourth-order valence-corrected chi connectivity index (χ4v) is 3.10. The molecule has 0 aromatic heterocycles. The highest BCUT2D eigenvalue weighted by Gasteiger charge is 2.24. The van der Waals surface area contributed by atoms with Crippen LogP contribution >= 0.6 is 0 Å².